The van der Waals surface area contributed by atoms with E-state index < -0.39 is 5.25 Å². The highest BCUT2D eigenvalue weighted by Gasteiger charge is 2.18. The number of anilines is 1. The van der Waals surface area contributed by atoms with Crippen LogP contribution in [0.15, 0.2) is 58.5 Å². The largest absolute Gasteiger partial charge is 0.495 e. The number of rotatable bonds is 5. The maximum Gasteiger partial charge on any atom is 0.259 e. The minimum absolute atomic E-state index is 0.203. The van der Waals surface area contributed by atoms with Gasteiger partial charge in [0.05, 0.1) is 29.0 Å². The lowest BCUT2D eigenvalue weighted by Crippen LogP contribution is -2.23. The Morgan fingerprint density at radius 1 is 1.20 bits per heavy atom. The van der Waals surface area contributed by atoms with Crippen LogP contribution in [0.5, 0.6) is 5.75 Å². The molecule has 6 nitrogen and oxygen atoms in total. The quantitative estimate of drug-likeness (QED) is 0.543. The number of ether oxygens (including phenoxy) is 1. The number of aromatic amines is 1. The van der Waals surface area contributed by atoms with E-state index in [-0.39, 0.29) is 11.5 Å². The molecule has 2 aromatic carbocycles. The molecule has 128 valence electrons. The summed E-state index contributed by atoms with van der Waals surface area (Å²) >= 11 is 1.19. The lowest BCUT2D eigenvalue weighted by Gasteiger charge is -2.13. The van der Waals surface area contributed by atoms with E-state index in [1.165, 1.54) is 11.8 Å². The van der Waals surface area contributed by atoms with Gasteiger partial charge in [0, 0.05) is 0 Å². The highest BCUT2D eigenvalue weighted by atomic mass is 32.2. The van der Waals surface area contributed by atoms with Crippen molar-refractivity contribution in [1.82, 2.24) is 9.97 Å². The summed E-state index contributed by atoms with van der Waals surface area (Å²) in [6.07, 6.45) is 0. The van der Waals surface area contributed by atoms with Crippen LogP contribution in [0.3, 0.4) is 0 Å². The number of aromatic nitrogens is 2. The van der Waals surface area contributed by atoms with Gasteiger partial charge in [-0.3, -0.25) is 9.59 Å². The van der Waals surface area contributed by atoms with E-state index >= 15 is 0 Å². The summed E-state index contributed by atoms with van der Waals surface area (Å²) < 4.78 is 5.23. The number of H-pyrrole nitrogens is 1. The molecular formula is C18H17N3O3S. The third-order valence-electron chi connectivity index (χ3n) is 3.61. The fourth-order valence-electron chi connectivity index (χ4n) is 2.32. The van der Waals surface area contributed by atoms with Crippen molar-refractivity contribution >= 4 is 34.3 Å². The van der Waals surface area contributed by atoms with Gasteiger partial charge in [-0.1, -0.05) is 36.0 Å². The summed E-state index contributed by atoms with van der Waals surface area (Å²) in [5.41, 5.74) is 0.985. The summed E-state index contributed by atoms with van der Waals surface area (Å²) in [6, 6.07) is 14.3. The molecule has 0 saturated heterocycles. The number of nitrogens with zero attached hydrogens (tertiary/aromatic N) is 1. The minimum Gasteiger partial charge on any atom is -0.495 e. The third kappa shape index (κ3) is 3.83. The van der Waals surface area contributed by atoms with E-state index in [2.05, 4.69) is 15.3 Å². The summed E-state index contributed by atoms with van der Waals surface area (Å²) in [6.45, 7) is 1.75. The van der Waals surface area contributed by atoms with Crippen LogP contribution in [0, 0.1) is 0 Å². The second-order valence-corrected chi connectivity index (χ2v) is 6.67. The van der Waals surface area contributed by atoms with E-state index in [1.807, 2.05) is 18.2 Å². The fourth-order valence-corrected chi connectivity index (χ4v) is 3.13. The summed E-state index contributed by atoms with van der Waals surface area (Å²) in [7, 11) is 1.55. The maximum atomic E-state index is 12.4. The zero-order chi connectivity index (χ0) is 17.8. The highest BCUT2D eigenvalue weighted by Crippen LogP contribution is 2.26. The number of thioether (sulfide) groups is 1. The molecule has 0 unspecified atom stereocenters. The first-order valence-corrected chi connectivity index (χ1v) is 8.56. The number of para-hydroxylation sites is 3. The van der Waals surface area contributed by atoms with Gasteiger partial charge in [-0.2, -0.15) is 0 Å². The van der Waals surface area contributed by atoms with E-state index in [9.17, 15) is 9.59 Å². The van der Waals surface area contributed by atoms with Gasteiger partial charge in [-0.25, -0.2) is 4.98 Å². The molecule has 0 radical (unpaired) electrons. The van der Waals surface area contributed by atoms with Crippen LogP contribution in [0.25, 0.3) is 10.9 Å². The number of hydrogen-bond donors (Lipinski definition) is 2. The van der Waals surface area contributed by atoms with Gasteiger partial charge in [0.25, 0.3) is 5.56 Å². The molecule has 3 aromatic rings. The average molecular weight is 355 g/mol. The molecule has 0 spiro atoms. The molecule has 1 atom stereocenters. The maximum absolute atomic E-state index is 12.4. The molecule has 0 bridgehead atoms. The Morgan fingerprint density at radius 2 is 1.92 bits per heavy atom. The van der Waals surface area contributed by atoms with E-state index in [0.717, 1.165) is 0 Å². The summed E-state index contributed by atoms with van der Waals surface area (Å²) in [4.78, 5) is 31.6. The van der Waals surface area contributed by atoms with Gasteiger partial charge < -0.3 is 15.0 Å². The fraction of sp³-hybridized carbons (Fsp3) is 0.167. The normalized spacial score (nSPS) is 11.9. The van der Waals surface area contributed by atoms with Crippen LogP contribution in [0.1, 0.15) is 6.92 Å². The molecule has 3 rings (SSSR count). The number of carbonyl (C=O) groups is 1. The van der Waals surface area contributed by atoms with Crippen LogP contribution >= 0.6 is 11.8 Å². The highest BCUT2D eigenvalue weighted by molar-refractivity contribution is 8.00. The lowest BCUT2D eigenvalue weighted by atomic mass is 10.2. The van der Waals surface area contributed by atoms with Crippen molar-refractivity contribution in [3.8, 4) is 5.75 Å². The molecule has 7 heteroatoms. The van der Waals surface area contributed by atoms with Crippen LogP contribution in [-0.4, -0.2) is 28.2 Å². The topological polar surface area (TPSA) is 84.1 Å². The van der Waals surface area contributed by atoms with Crippen LogP contribution in [-0.2, 0) is 4.79 Å². The number of amides is 1. The molecule has 1 amide bonds. The molecular weight excluding hydrogens is 338 g/mol. The van der Waals surface area contributed by atoms with Crippen molar-refractivity contribution in [2.45, 2.75) is 17.3 Å². The van der Waals surface area contributed by atoms with Crippen LogP contribution in [0.2, 0.25) is 0 Å². The Bertz CT molecular complexity index is 971. The number of benzene rings is 2. The summed E-state index contributed by atoms with van der Waals surface area (Å²) in [5, 5.41) is 3.31. The Balaban J connectivity index is 1.76. The lowest BCUT2D eigenvalue weighted by molar-refractivity contribution is -0.115. The molecule has 1 heterocycles. The first kappa shape index (κ1) is 17.0. The average Bonchev–Trinajstić information content (AvgIpc) is 2.62. The monoisotopic (exact) mass is 355 g/mol. The molecule has 0 aliphatic rings. The number of fused-ring (bicyclic) bond motifs is 1. The molecule has 0 saturated carbocycles. The van der Waals surface area contributed by atoms with Crippen LogP contribution < -0.4 is 15.6 Å². The first-order chi connectivity index (χ1) is 12.1. The Morgan fingerprint density at radius 3 is 2.72 bits per heavy atom. The predicted octanol–water partition coefficient (Wildman–Crippen LogP) is 3.05. The van der Waals surface area contributed by atoms with Crippen molar-refractivity contribution in [1.29, 1.82) is 0 Å². The van der Waals surface area contributed by atoms with Crippen molar-refractivity contribution in [3.05, 3.63) is 58.9 Å². The van der Waals surface area contributed by atoms with Crippen molar-refractivity contribution < 1.29 is 9.53 Å². The number of nitrogens with one attached hydrogen (secondary N) is 2. The third-order valence-corrected chi connectivity index (χ3v) is 4.60. The SMILES string of the molecule is COc1ccccc1NC(=O)[C@H](C)Sc1nc2ccccc2c(=O)[nH]1. The van der Waals surface area contributed by atoms with Gasteiger partial charge in [0.15, 0.2) is 5.16 Å². The van der Waals surface area contributed by atoms with Gasteiger partial charge in [-0.15, -0.1) is 0 Å². The Hall–Kier alpha value is -2.80. The Labute approximate surface area is 148 Å². The van der Waals surface area contributed by atoms with Gasteiger partial charge in [0.2, 0.25) is 5.91 Å². The molecule has 1 aromatic heterocycles. The van der Waals surface area contributed by atoms with Gasteiger partial charge in [0.1, 0.15) is 5.75 Å². The van der Waals surface area contributed by atoms with E-state index in [1.54, 1.807) is 44.4 Å². The first-order valence-electron chi connectivity index (χ1n) is 7.68. The standard InChI is InChI=1S/C18H17N3O3S/c1-11(16(22)19-14-9-5-6-10-15(14)24-2)25-18-20-13-8-4-3-7-12(13)17(23)21-18/h3-11H,1-2H3,(H,19,22)(H,20,21,23)/t11-/m0/s1. The number of methoxy groups -OCH3 is 1. The van der Waals surface area contributed by atoms with Crippen molar-refractivity contribution in [2.24, 2.45) is 0 Å². The molecule has 0 aliphatic carbocycles. The molecule has 0 aliphatic heterocycles. The Kier molecular flexibility index (Phi) is 5.04. The smallest absolute Gasteiger partial charge is 0.259 e. The van der Waals surface area contributed by atoms with Crippen molar-refractivity contribution in [3.63, 3.8) is 0 Å². The number of carbonyl (C=O) groups excluding carboxylic acids is 1. The van der Waals surface area contributed by atoms with Crippen molar-refractivity contribution in [2.75, 3.05) is 12.4 Å². The second kappa shape index (κ2) is 7.40. The minimum atomic E-state index is -0.450. The molecule has 2 N–H and O–H groups in total. The van der Waals surface area contributed by atoms with Gasteiger partial charge >= 0.3 is 0 Å². The zero-order valence-corrected chi connectivity index (χ0v) is 14.6. The second-order valence-electron chi connectivity index (χ2n) is 5.34. The summed E-state index contributed by atoms with van der Waals surface area (Å²) in [5.74, 6) is 0.385. The van der Waals surface area contributed by atoms with E-state index in [4.69, 9.17) is 4.74 Å². The van der Waals surface area contributed by atoms with E-state index in [0.29, 0.717) is 27.5 Å². The number of hydrogen-bond acceptors (Lipinski definition) is 5. The van der Waals surface area contributed by atoms with Gasteiger partial charge in [-0.05, 0) is 31.2 Å². The van der Waals surface area contributed by atoms with Crippen LogP contribution in [0.4, 0.5) is 5.69 Å². The zero-order valence-electron chi connectivity index (χ0n) is 13.8. The predicted molar refractivity (Wildman–Crippen MR) is 99.3 cm³/mol. The molecule has 0 fully saturated rings. The molecule has 25 heavy (non-hydrogen) atoms.